The molecule has 2 atom stereocenters. The van der Waals surface area contributed by atoms with Crippen LogP contribution in [0.25, 0.3) is 0 Å². The summed E-state index contributed by atoms with van der Waals surface area (Å²) in [6.07, 6.45) is -0.280. The second kappa shape index (κ2) is 5.35. The Morgan fingerprint density at radius 1 is 1.33 bits per heavy atom. The highest BCUT2D eigenvalue weighted by Crippen LogP contribution is 2.11. The third-order valence-corrected chi connectivity index (χ3v) is 2.47. The number of ether oxygens (including phenoxy) is 1. The van der Waals surface area contributed by atoms with Gasteiger partial charge in [0.15, 0.2) is 0 Å². The van der Waals surface area contributed by atoms with Gasteiger partial charge in [0.05, 0.1) is 0 Å². The number of nitrogens with zero attached hydrogens (tertiary/aromatic N) is 1. The average molecular weight is 216 g/mol. The molecule has 0 saturated heterocycles. The Balaban J connectivity index is 4.32. The fourth-order valence-corrected chi connectivity index (χ4v) is 1.08. The zero-order chi connectivity index (χ0) is 12.2. The van der Waals surface area contributed by atoms with Crippen LogP contribution in [0.4, 0.5) is 4.79 Å². The molecule has 90 valence electrons. The highest BCUT2D eigenvalue weighted by Gasteiger charge is 2.25. The first-order chi connectivity index (χ1) is 6.69. The lowest BCUT2D eigenvalue weighted by molar-refractivity contribution is 0.0211. The van der Waals surface area contributed by atoms with Crippen molar-refractivity contribution >= 4 is 6.09 Å². The van der Waals surface area contributed by atoms with Crippen LogP contribution in [0.5, 0.6) is 0 Å². The Hall–Kier alpha value is -0.770. The van der Waals surface area contributed by atoms with Gasteiger partial charge in [0.1, 0.15) is 5.60 Å². The number of carbonyl (C=O) groups is 1. The van der Waals surface area contributed by atoms with Crippen LogP contribution in [-0.4, -0.2) is 42.8 Å². The van der Waals surface area contributed by atoms with Gasteiger partial charge in [-0.2, -0.15) is 0 Å². The molecule has 0 fully saturated rings. The average Bonchev–Trinajstić information content (AvgIpc) is 2.11. The Kier molecular flexibility index (Phi) is 5.08. The number of carbonyl (C=O) groups excluding carboxylic acids is 1. The summed E-state index contributed by atoms with van der Waals surface area (Å²) in [5, 5.41) is 3.11. The standard InChI is InChI=1S/C11H24N2O2/c1-8(12-6)9(2)13(7)10(14)15-11(3,4)5/h8-9,12H,1-7H3. The maximum atomic E-state index is 11.7. The zero-order valence-electron chi connectivity index (χ0n) is 10.9. The maximum Gasteiger partial charge on any atom is 0.410 e. The molecule has 0 aromatic heterocycles. The Morgan fingerprint density at radius 3 is 2.13 bits per heavy atom. The molecule has 4 heteroatoms. The van der Waals surface area contributed by atoms with Gasteiger partial charge in [0, 0.05) is 19.1 Å². The smallest absolute Gasteiger partial charge is 0.410 e. The second-order valence-corrected chi connectivity index (χ2v) is 4.91. The molecule has 0 aliphatic carbocycles. The number of nitrogens with one attached hydrogen (secondary N) is 1. The lowest BCUT2D eigenvalue weighted by Crippen LogP contribution is -2.48. The van der Waals surface area contributed by atoms with Crippen molar-refractivity contribution in [3.63, 3.8) is 0 Å². The Labute approximate surface area is 93.0 Å². The molecule has 1 N–H and O–H groups in total. The molecule has 15 heavy (non-hydrogen) atoms. The molecule has 0 heterocycles. The van der Waals surface area contributed by atoms with Crippen molar-refractivity contribution < 1.29 is 9.53 Å². The number of hydrogen-bond acceptors (Lipinski definition) is 3. The van der Waals surface area contributed by atoms with Gasteiger partial charge >= 0.3 is 6.09 Å². The molecule has 0 saturated carbocycles. The van der Waals surface area contributed by atoms with E-state index in [1.165, 1.54) is 0 Å². The van der Waals surface area contributed by atoms with E-state index in [2.05, 4.69) is 5.32 Å². The van der Waals surface area contributed by atoms with Gasteiger partial charge in [-0.05, 0) is 41.7 Å². The van der Waals surface area contributed by atoms with E-state index in [1.807, 2.05) is 41.7 Å². The van der Waals surface area contributed by atoms with E-state index in [0.29, 0.717) is 0 Å². The van der Waals surface area contributed by atoms with E-state index >= 15 is 0 Å². The first-order valence-corrected chi connectivity index (χ1v) is 5.32. The number of likely N-dealkylation sites (N-methyl/N-ethyl adjacent to an activating group) is 2. The lowest BCUT2D eigenvalue weighted by atomic mass is 10.1. The van der Waals surface area contributed by atoms with Gasteiger partial charge in [-0.1, -0.05) is 0 Å². The predicted molar refractivity (Wildman–Crippen MR) is 62.0 cm³/mol. The molecule has 0 aromatic carbocycles. The van der Waals surface area contributed by atoms with Crippen LogP contribution in [0, 0.1) is 0 Å². The molecule has 4 nitrogen and oxygen atoms in total. The summed E-state index contributed by atoms with van der Waals surface area (Å²) in [7, 11) is 3.64. The van der Waals surface area contributed by atoms with Crippen LogP contribution >= 0.6 is 0 Å². The molecular weight excluding hydrogens is 192 g/mol. The highest BCUT2D eigenvalue weighted by atomic mass is 16.6. The van der Waals surface area contributed by atoms with Gasteiger partial charge < -0.3 is 15.0 Å². The van der Waals surface area contributed by atoms with Crippen LogP contribution < -0.4 is 5.32 Å². The van der Waals surface area contributed by atoms with Gasteiger partial charge in [-0.3, -0.25) is 0 Å². The van der Waals surface area contributed by atoms with E-state index in [-0.39, 0.29) is 18.2 Å². The fraction of sp³-hybridized carbons (Fsp3) is 0.909. The quantitative estimate of drug-likeness (QED) is 0.783. The normalized spacial score (nSPS) is 15.7. The SMILES string of the molecule is CNC(C)C(C)N(C)C(=O)OC(C)(C)C. The molecule has 2 unspecified atom stereocenters. The van der Waals surface area contributed by atoms with Gasteiger partial charge in [-0.25, -0.2) is 4.79 Å². The summed E-state index contributed by atoms with van der Waals surface area (Å²) < 4.78 is 5.27. The molecule has 0 spiro atoms. The van der Waals surface area contributed by atoms with Gasteiger partial charge in [0.2, 0.25) is 0 Å². The van der Waals surface area contributed by atoms with E-state index in [1.54, 1.807) is 11.9 Å². The molecule has 1 amide bonds. The third-order valence-electron chi connectivity index (χ3n) is 2.47. The monoisotopic (exact) mass is 216 g/mol. The van der Waals surface area contributed by atoms with Crippen LogP contribution in [0.3, 0.4) is 0 Å². The number of hydrogen-bond donors (Lipinski definition) is 1. The molecule has 0 bridgehead atoms. The summed E-state index contributed by atoms with van der Waals surface area (Å²) >= 11 is 0. The van der Waals surface area contributed by atoms with Crippen molar-refractivity contribution in [2.45, 2.75) is 52.3 Å². The fourth-order valence-electron chi connectivity index (χ4n) is 1.08. The second-order valence-electron chi connectivity index (χ2n) is 4.91. The number of amides is 1. The van der Waals surface area contributed by atoms with Crippen molar-refractivity contribution in [2.75, 3.05) is 14.1 Å². The molecule has 0 aliphatic rings. The van der Waals surface area contributed by atoms with E-state index in [0.717, 1.165) is 0 Å². The van der Waals surface area contributed by atoms with Gasteiger partial charge in [0.25, 0.3) is 0 Å². The minimum absolute atomic E-state index is 0.102. The van der Waals surface area contributed by atoms with Crippen molar-refractivity contribution in [2.24, 2.45) is 0 Å². The van der Waals surface area contributed by atoms with Crippen molar-refractivity contribution in [1.29, 1.82) is 0 Å². The Bertz CT molecular complexity index is 211. The van der Waals surface area contributed by atoms with Crippen LogP contribution in [-0.2, 0) is 4.74 Å². The zero-order valence-corrected chi connectivity index (χ0v) is 10.9. The summed E-state index contributed by atoms with van der Waals surface area (Å²) in [6, 6.07) is 0.340. The molecule has 0 radical (unpaired) electrons. The molecule has 0 aromatic rings. The first kappa shape index (κ1) is 14.2. The molecule has 0 aliphatic heterocycles. The topological polar surface area (TPSA) is 41.6 Å². The first-order valence-electron chi connectivity index (χ1n) is 5.32. The molecular formula is C11H24N2O2. The van der Waals surface area contributed by atoms with Crippen molar-refractivity contribution in [3.8, 4) is 0 Å². The predicted octanol–water partition coefficient (Wildman–Crippen LogP) is 1.85. The number of rotatable bonds is 3. The summed E-state index contributed by atoms with van der Waals surface area (Å²) in [6.45, 7) is 9.62. The molecule has 0 rings (SSSR count). The minimum atomic E-state index is -0.437. The van der Waals surface area contributed by atoms with Crippen molar-refractivity contribution in [1.82, 2.24) is 10.2 Å². The maximum absolute atomic E-state index is 11.7. The Morgan fingerprint density at radius 2 is 1.80 bits per heavy atom. The lowest BCUT2D eigenvalue weighted by Gasteiger charge is -2.31. The van der Waals surface area contributed by atoms with E-state index in [4.69, 9.17) is 4.74 Å². The van der Waals surface area contributed by atoms with Crippen LogP contribution in [0.1, 0.15) is 34.6 Å². The largest absolute Gasteiger partial charge is 0.444 e. The van der Waals surface area contributed by atoms with Crippen molar-refractivity contribution in [3.05, 3.63) is 0 Å². The summed E-state index contributed by atoms with van der Waals surface area (Å²) in [5.74, 6) is 0. The third kappa shape index (κ3) is 5.02. The van der Waals surface area contributed by atoms with E-state index < -0.39 is 5.60 Å². The van der Waals surface area contributed by atoms with E-state index in [9.17, 15) is 4.79 Å². The summed E-state index contributed by atoms with van der Waals surface area (Å²) in [4.78, 5) is 13.3. The van der Waals surface area contributed by atoms with Crippen LogP contribution in [0.15, 0.2) is 0 Å². The highest BCUT2D eigenvalue weighted by molar-refractivity contribution is 5.68. The summed E-state index contributed by atoms with van der Waals surface area (Å²) in [5.41, 5.74) is -0.437. The van der Waals surface area contributed by atoms with Gasteiger partial charge in [-0.15, -0.1) is 0 Å². The minimum Gasteiger partial charge on any atom is -0.444 e. The van der Waals surface area contributed by atoms with Crippen LogP contribution in [0.2, 0.25) is 0 Å².